The van der Waals surface area contributed by atoms with E-state index in [9.17, 15) is 9.18 Å². The summed E-state index contributed by atoms with van der Waals surface area (Å²) in [6, 6.07) is 10.5. The van der Waals surface area contributed by atoms with Crippen LogP contribution < -0.4 is 10.2 Å². The number of carbonyl (C=O) groups excluding carboxylic acids is 1. The van der Waals surface area contributed by atoms with E-state index in [4.69, 9.17) is 11.6 Å². The fraction of sp³-hybridized carbons (Fsp3) is 0.286. The van der Waals surface area contributed by atoms with Crippen LogP contribution >= 0.6 is 23.4 Å². The third-order valence-electron chi connectivity index (χ3n) is 4.96. The van der Waals surface area contributed by atoms with Gasteiger partial charge in [0.1, 0.15) is 12.1 Å². The lowest BCUT2D eigenvalue weighted by Crippen LogP contribution is -2.19. The molecule has 0 radical (unpaired) electrons. The molecule has 6 nitrogen and oxygen atoms in total. The zero-order valence-corrected chi connectivity index (χ0v) is 18.0. The lowest BCUT2D eigenvalue weighted by molar-refractivity contribution is -0.113. The zero-order chi connectivity index (χ0) is 21.1. The van der Waals surface area contributed by atoms with Crippen LogP contribution in [-0.2, 0) is 4.79 Å². The molecular formula is C21H21ClFN5OS. The maximum absolute atomic E-state index is 14.4. The van der Waals surface area contributed by atoms with Crippen LogP contribution in [0.1, 0.15) is 18.4 Å². The Balaban J connectivity index is 1.38. The first-order valence-electron chi connectivity index (χ1n) is 9.65. The highest BCUT2D eigenvalue weighted by atomic mass is 35.5. The number of thioether (sulfide) groups is 1. The average Bonchev–Trinajstić information content (AvgIpc) is 3.40. The Morgan fingerprint density at radius 3 is 2.77 bits per heavy atom. The third kappa shape index (κ3) is 4.60. The minimum absolute atomic E-state index is 0.119. The molecule has 0 bridgehead atoms. The molecule has 3 aromatic rings. The second-order valence-electron chi connectivity index (χ2n) is 7.11. The Morgan fingerprint density at radius 2 is 2.03 bits per heavy atom. The van der Waals surface area contributed by atoms with E-state index in [0.29, 0.717) is 21.6 Å². The molecule has 1 saturated heterocycles. The van der Waals surface area contributed by atoms with E-state index >= 15 is 0 Å². The Hall–Kier alpha value is -2.58. The van der Waals surface area contributed by atoms with Gasteiger partial charge >= 0.3 is 0 Å². The Bertz CT molecular complexity index is 1070. The van der Waals surface area contributed by atoms with Crippen molar-refractivity contribution in [3.8, 4) is 5.69 Å². The number of aromatic nitrogens is 3. The summed E-state index contributed by atoms with van der Waals surface area (Å²) in [5.41, 5.74) is 2.82. The minimum Gasteiger partial charge on any atom is -0.369 e. The summed E-state index contributed by atoms with van der Waals surface area (Å²) in [6.45, 7) is 3.66. The van der Waals surface area contributed by atoms with Gasteiger partial charge in [-0.25, -0.2) is 4.39 Å². The topological polar surface area (TPSA) is 63.1 Å². The van der Waals surface area contributed by atoms with E-state index in [0.717, 1.165) is 37.2 Å². The number of halogens is 2. The molecule has 0 atom stereocenters. The van der Waals surface area contributed by atoms with Crippen LogP contribution in [0.15, 0.2) is 47.9 Å². The van der Waals surface area contributed by atoms with Gasteiger partial charge in [0.25, 0.3) is 0 Å². The third-order valence-corrected chi connectivity index (χ3v) is 6.31. The van der Waals surface area contributed by atoms with Crippen LogP contribution in [0.5, 0.6) is 0 Å². The molecule has 1 N–H and O–H groups in total. The normalized spacial score (nSPS) is 13.6. The fourth-order valence-electron chi connectivity index (χ4n) is 3.36. The molecule has 2 heterocycles. The van der Waals surface area contributed by atoms with Gasteiger partial charge in [0.2, 0.25) is 5.91 Å². The smallest absolute Gasteiger partial charge is 0.234 e. The van der Waals surface area contributed by atoms with Gasteiger partial charge in [-0.1, -0.05) is 29.4 Å². The van der Waals surface area contributed by atoms with Crippen molar-refractivity contribution in [3.05, 3.63) is 59.1 Å². The molecule has 0 spiro atoms. The Morgan fingerprint density at radius 1 is 1.23 bits per heavy atom. The monoisotopic (exact) mass is 445 g/mol. The highest BCUT2D eigenvalue weighted by molar-refractivity contribution is 7.99. The molecule has 0 unspecified atom stereocenters. The van der Waals surface area contributed by atoms with Crippen molar-refractivity contribution in [1.82, 2.24) is 14.8 Å². The predicted molar refractivity (Wildman–Crippen MR) is 118 cm³/mol. The molecule has 0 saturated carbocycles. The Labute approximate surface area is 183 Å². The second kappa shape index (κ2) is 9.06. The molecule has 1 amide bonds. The number of nitrogens with zero attached hydrogens (tertiary/aromatic N) is 4. The minimum atomic E-state index is -0.321. The number of nitrogens with one attached hydrogen (secondary N) is 1. The number of hydrogen-bond acceptors (Lipinski definition) is 5. The highest BCUT2D eigenvalue weighted by Gasteiger charge is 2.17. The summed E-state index contributed by atoms with van der Waals surface area (Å²) < 4.78 is 16.2. The van der Waals surface area contributed by atoms with E-state index in [1.165, 1.54) is 17.8 Å². The summed E-state index contributed by atoms with van der Waals surface area (Å²) in [5.74, 6) is -0.448. The van der Waals surface area contributed by atoms with Crippen LogP contribution in [0.4, 0.5) is 15.8 Å². The van der Waals surface area contributed by atoms with E-state index in [1.54, 1.807) is 23.0 Å². The predicted octanol–water partition coefficient (Wildman–Crippen LogP) is 4.70. The number of aryl methyl sites for hydroxylation is 1. The molecule has 4 rings (SSSR count). The zero-order valence-electron chi connectivity index (χ0n) is 16.4. The summed E-state index contributed by atoms with van der Waals surface area (Å²) in [5, 5.41) is 12.0. The van der Waals surface area contributed by atoms with Crippen molar-refractivity contribution in [3.63, 3.8) is 0 Å². The van der Waals surface area contributed by atoms with Crippen molar-refractivity contribution in [1.29, 1.82) is 0 Å². The summed E-state index contributed by atoms with van der Waals surface area (Å²) in [4.78, 5) is 14.4. The molecule has 1 aliphatic heterocycles. The quantitative estimate of drug-likeness (QED) is 0.557. The van der Waals surface area contributed by atoms with E-state index < -0.39 is 0 Å². The molecule has 9 heteroatoms. The van der Waals surface area contributed by atoms with Crippen molar-refractivity contribution in [2.24, 2.45) is 0 Å². The van der Waals surface area contributed by atoms with Gasteiger partial charge in [-0.15, -0.1) is 10.2 Å². The van der Waals surface area contributed by atoms with Crippen LogP contribution in [0, 0.1) is 12.7 Å². The van der Waals surface area contributed by atoms with Crippen LogP contribution in [-0.4, -0.2) is 39.5 Å². The molecular weight excluding hydrogens is 425 g/mol. The molecule has 1 fully saturated rings. The first-order valence-corrected chi connectivity index (χ1v) is 11.0. The number of amides is 1. The van der Waals surface area contributed by atoms with Crippen molar-refractivity contribution in [2.75, 3.05) is 29.1 Å². The first-order chi connectivity index (χ1) is 14.5. The Kier molecular flexibility index (Phi) is 6.24. The standard InChI is InChI=1S/C21H21ClFN5OS/c1-14-4-6-16(11-17(14)22)28-13-24-26-21(28)30-12-20(29)25-15-5-7-19(18(23)10-15)27-8-2-3-9-27/h4-7,10-11,13H,2-3,8-9,12H2,1H3,(H,25,29). The second-order valence-corrected chi connectivity index (χ2v) is 8.46. The summed E-state index contributed by atoms with van der Waals surface area (Å²) in [7, 11) is 0. The lowest BCUT2D eigenvalue weighted by Gasteiger charge is -2.18. The average molecular weight is 446 g/mol. The largest absolute Gasteiger partial charge is 0.369 e. The van der Waals surface area contributed by atoms with Gasteiger partial charge in [0.05, 0.1) is 17.1 Å². The SMILES string of the molecule is Cc1ccc(-n2cnnc2SCC(=O)Nc2ccc(N3CCCC3)c(F)c2)cc1Cl. The molecule has 30 heavy (non-hydrogen) atoms. The number of carbonyl (C=O) groups is 1. The van der Waals surface area contributed by atoms with Crippen molar-refractivity contribution < 1.29 is 9.18 Å². The van der Waals surface area contributed by atoms with Gasteiger partial charge in [-0.3, -0.25) is 9.36 Å². The van der Waals surface area contributed by atoms with E-state index in [2.05, 4.69) is 15.5 Å². The van der Waals surface area contributed by atoms with Gasteiger partial charge in [-0.2, -0.15) is 0 Å². The lowest BCUT2D eigenvalue weighted by atomic mass is 10.2. The molecule has 1 aliphatic rings. The summed E-state index contributed by atoms with van der Waals surface area (Å²) >= 11 is 7.45. The first kappa shape index (κ1) is 20.7. The maximum atomic E-state index is 14.4. The van der Waals surface area contributed by atoms with Crippen LogP contribution in [0.25, 0.3) is 5.69 Å². The molecule has 156 valence electrons. The number of hydrogen-bond donors (Lipinski definition) is 1. The summed E-state index contributed by atoms with van der Waals surface area (Å²) in [6.07, 6.45) is 3.73. The van der Waals surface area contributed by atoms with E-state index in [-0.39, 0.29) is 17.5 Å². The number of anilines is 2. The number of rotatable bonds is 6. The highest BCUT2D eigenvalue weighted by Crippen LogP contribution is 2.27. The van der Waals surface area contributed by atoms with Gasteiger partial charge in [-0.05, 0) is 55.7 Å². The molecule has 2 aromatic carbocycles. The van der Waals surface area contributed by atoms with Gasteiger partial charge < -0.3 is 10.2 Å². The van der Waals surface area contributed by atoms with Gasteiger partial charge in [0.15, 0.2) is 5.16 Å². The molecule has 0 aliphatic carbocycles. The van der Waals surface area contributed by atoms with Gasteiger partial charge in [0, 0.05) is 23.8 Å². The van der Waals surface area contributed by atoms with Crippen molar-refractivity contribution >= 4 is 40.6 Å². The fourth-order valence-corrected chi connectivity index (χ4v) is 4.26. The molecule has 1 aromatic heterocycles. The van der Waals surface area contributed by atoms with Crippen molar-refractivity contribution in [2.45, 2.75) is 24.9 Å². The maximum Gasteiger partial charge on any atom is 0.234 e. The van der Waals surface area contributed by atoms with Crippen LogP contribution in [0.2, 0.25) is 5.02 Å². The van der Waals surface area contributed by atoms with Crippen LogP contribution in [0.3, 0.4) is 0 Å². The number of benzene rings is 2. The van der Waals surface area contributed by atoms with E-state index in [1.807, 2.05) is 30.0 Å².